The van der Waals surface area contributed by atoms with Gasteiger partial charge in [0.25, 0.3) is 5.91 Å². The number of carbonyl (C=O) groups excluding carboxylic acids is 2. The van der Waals surface area contributed by atoms with Crippen LogP contribution >= 0.6 is 0 Å². The molecular formula is C17H17NO6. The predicted octanol–water partition coefficient (Wildman–Crippen LogP) is 2.35. The highest BCUT2D eigenvalue weighted by atomic mass is 16.7. The molecule has 2 aromatic rings. The Bertz CT molecular complexity index is 766. The van der Waals surface area contributed by atoms with E-state index in [4.69, 9.17) is 18.6 Å². The molecule has 0 saturated carbocycles. The molecule has 0 fully saturated rings. The molecule has 3 rings (SSSR count). The highest BCUT2D eigenvalue weighted by molar-refractivity contribution is 5.92. The Morgan fingerprint density at radius 3 is 2.79 bits per heavy atom. The molecule has 1 atom stereocenters. The number of hydrogen-bond acceptors (Lipinski definition) is 6. The molecule has 1 amide bonds. The number of fused-ring (bicyclic) bond motifs is 1. The van der Waals surface area contributed by atoms with Crippen molar-refractivity contribution in [3.8, 4) is 11.5 Å². The lowest BCUT2D eigenvalue weighted by atomic mass is 10.1. The van der Waals surface area contributed by atoms with Gasteiger partial charge in [0.15, 0.2) is 18.1 Å². The van der Waals surface area contributed by atoms with Crippen molar-refractivity contribution in [3.05, 3.63) is 47.4 Å². The topological polar surface area (TPSA) is 87.0 Å². The second-order valence-electron chi connectivity index (χ2n) is 5.37. The Hall–Kier alpha value is -2.96. The molecule has 1 aliphatic heterocycles. The second-order valence-corrected chi connectivity index (χ2v) is 5.37. The van der Waals surface area contributed by atoms with Gasteiger partial charge in [0.05, 0.1) is 12.3 Å². The van der Waals surface area contributed by atoms with Crippen LogP contribution in [0.3, 0.4) is 0 Å². The van der Waals surface area contributed by atoms with E-state index in [9.17, 15) is 9.59 Å². The number of hydrogen-bond donors (Lipinski definition) is 1. The summed E-state index contributed by atoms with van der Waals surface area (Å²) in [6.07, 6.45) is 1.40. The van der Waals surface area contributed by atoms with Crippen molar-refractivity contribution in [3.63, 3.8) is 0 Å². The molecule has 0 saturated heterocycles. The summed E-state index contributed by atoms with van der Waals surface area (Å²) in [6.45, 7) is 3.32. The van der Waals surface area contributed by atoms with Gasteiger partial charge in [0.2, 0.25) is 6.79 Å². The van der Waals surface area contributed by atoms with E-state index >= 15 is 0 Å². The number of rotatable bonds is 5. The highest BCUT2D eigenvalue weighted by Crippen LogP contribution is 2.34. The minimum Gasteiger partial charge on any atom is -0.469 e. The Balaban J connectivity index is 1.53. The summed E-state index contributed by atoms with van der Waals surface area (Å²) in [5.41, 5.74) is 1.18. The van der Waals surface area contributed by atoms with Crippen LogP contribution in [-0.2, 0) is 9.53 Å². The third-order valence-electron chi connectivity index (χ3n) is 3.69. The number of amides is 1. The summed E-state index contributed by atoms with van der Waals surface area (Å²) in [5.74, 6) is 0.799. The molecule has 2 heterocycles. The van der Waals surface area contributed by atoms with Crippen molar-refractivity contribution >= 4 is 11.9 Å². The molecule has 24 heavy (non-hydrogen) atoms. The van der Waals surface area contributed by atoms with Crippen LogP contribution in [0.2, 0.25) is 0 Å². The van der Waals surface area contributed by atoms with Crippen LogP contribution < -0.4 is 14.8 Å². The van der Waals surface area contributed by atoms with E-state index in [0.717, 1.165) is 5.56 Å². The van der Waals surface area contributed by atoms with E-state index in [0.29, 0.717) is 22.8 Å². The van der Waals surface area contributed by atoms with Crippen LogP contribution in [0.5, 0.6) is 11.5 Å². The van der Waals surface area contributed by atoms with Gasteiger partial charge in [0, 0.05) is 0 Å². The van der Waals surface area contributed by atoms with Crippen molar-refractivity contribution in [2.45, 2.75) is 19.9 Å². The van der Waals surface area contributed by atoms with E-state index in [-0.39, 0.29) is 19.4 Å². The van der Waals surface area contributed by atoms with Crippen LogP contribution in [0.4, 0.5) is 0 Å². The zero-order valence-electron chi connectivity index (χ0n) is 13.3. The zero-order valence-corrected chi connectivity index (χ0v) is 13.3. The van der Waals surface area contributed by atoms with Crippen molar-refractivity contribution in [2.24, 2.45) is 0 Å². The number of nitrogens with one attached hydrogen (secondary N) is 1. The van der Waals surface area contributed by atoms with Gasteiger partial charge in [-0.25, -0.2) is 4.79 Å². The highest BCUT2D eigenvalue weighted by Gasteiger charge is 2.18. The van der Waals surface area contributed by atoms with E-state index in [1.807, 2.05) is 19.1 Å². The van der Waals surface area contributed by atoms with E-state index < -0.39 is 11.9 Å². The second kappa shape index (κ2) is 6.66. The van der Waals surface area contributed by atoms with Gasteiger partial charge in [-0.3, -0.25) is 4.79 Å². The third-order valence-corrected chi connectivity index (χ3v) is 3.69. The number of carbonyl (C=O) groups is 2. The first-order valence-corrected chi connectivity index (χ1v) is 7.44. The number of furan rings is 1. The molecule has 1 aromatic heterocycles. The van der Waals surface area contributed by atoms with Gasteiger partial charge in [-0.1, -0.05) is 6.07 Å². The molecule has 0 radical (unpaired) electrons. The fourth-order valence-corrected chi connectivity index (χ4v) is 2.35. The molecule has 0 spiro atoms. The van der Waals surface area contributed by atoms with Gasteiger partial charge in [0.1, 0.15) is 11.3 Å². The van der Waals surface area contributed by atoms with Crippen LogP contribution in [0.1, 0.15) is 34.6 Å². The van der Waals surface area contributed by atoms with Crippen molar-refractivity contribution < 1.29 is 28.2 Å². The molecule has 1 N–H and O–H groups in total. The summed E-state index contributed by atoms with van der Waals surface area (Å²) in [6, 6.07) is 6.70. The minimum atomic E-state index is -0.591. The predicted molar refractivity (Wildman–Crippen MR) is 82.9 cm³/mol. The molecule has 0 unspecified atom stereocenters. The monoisotopic (exact) mass is 331 g/mol. The first kappa shape index (κ1) is 15.9. The van der Waals surface area contributed by atoms with Crippen molar-refractivity contribution in [2.75, 3.05) is 13.4 Å². The summed E-state index contributed by atoms with van der Waals surface area (Å²) in [5, 5.41) is 2.77. The lowest BCUT2D eigenvalue weighted by Crippen LogP contribution is -2.31. The first-order chi connectivity index (χ1) is 11.5. The molecule has 0 bridgehead atoms. The van der Waals surface area contributed by atoms with Crippen molar-refractivity contribution in [1.29, 1.82) is 0 Å². The fourth-order valence-electron chi connectivity index (χ4n) is 2.35. The lowest BCUT2D eigenvalue weighted by Gasteiger charge is -2.14. The third kappa shape index (κ3) is 3.34. The number of ether oxygens (including phenoxy) is 3. The number of esters is 1. The van der Waals surface area contributed by atoms with Crippen LogP contribution in [0.15, 0.2) is 34.9 Å². The Morgan fingerprint density at radius 2 is 2.04 bits per heavy atom. The lowest BCUT2D eigenvalue weighted by molar-refractivity contribution is -0.124. The maximum atomic E-state index is 12.0. The first-order valence-electron chi connectivity index (χ1n) is 7.44. The van der Waals surface area contributed by atoms with Crippen molar-refractivity contribution in [1.82, 2.24) is 5.32 Å². The number of aryl methyl sites for hydroxylation is 1. The summed E-state index contributed by atoms with van der Waals surface area (Å²) >= 11 is 0. The average Bonchev–Trinajstić information content (AvgIpc) is 3.20. The summed E-state index contributed by atoms with van der Waals surface area (Å²) in [4.78, 5) is 23.8. The molecular weight excluding hydrogens is 314 g/mol. The molecule has 7 heteroatoms. The standard InChI is InChI=1S/C17H17NO6/c1-10(12-3-4-14-15(7-12)24-9-23-14)18-16(19)8-22-17(20)13-5-6-21-11(13)2/h3-7,10H,8-9H2,1-2H3,(H,18,19)/t10-/m0/s1. The largest absolute Gasteiger partial charge is 0.469 e. The molecule has 7 nitrogen and oxygen atoms in total. The van der Waals surface area contributed by atoms with E-state index in [1.54, 1.807) is 13.0 Å². The Morgan fingerprint density at radius 1 is 1.25 bits per heavy atom. The zero-order chi connectivity index (χ0) is 17.1. The van der Waals surface area contributed by atoms with Crippen LogP contribution in [0.25, 0.3) is 0 Å². The van der Waals surface area contributed by atoms with Gasteiger partial charge < -0.3 is 23.9 Å². The van der Waals surface area contributed by atoms with Crippen LogP contribution in [0, 0.1) is 6.92 Å². The summed E-state index contributed by atoms with van der Waals surface area (Å²) < 4.78 is 20.6. The van der Waals surface area contributed by atoms with E-state index in [1.165, 1.54) is 12.3 Å². The molecule has 0 aliphatic carbocycles. The quantitative estimate of drug-likeness (QED) is 0.846. The van der Waals surface area contributed by atoms with Gasteiger partial charge in [-0.2, -0.15) is 0 Å². The average molecular weight is 331 g/mol. The molecule has 1 aromatic carbocycles. The Kier molecular flexibility index (Phi) is 4.41. The fraction of sp³-hybridized carbons (Fsp3) is 0.294. The molecule has 1 aliphatic rings. The van der Waals surface area contributed by atoms with Crippen LogP contribution in [-0.4, -0.2) is 25.3 Å². The smallest absolute Gasteiger partial charge is 0.342 e. The number of benzene rings is 1. The maximum absolute atomic E-state index is 12.0. The molecule has 126 valence electrons. The SMILES string of the molecule is Cc1occc1C(=O)OCC(=O)N[C@@H](C)c1ccc2c(c1)OCO2. The summed E-state index contributed by atoms with van der Waals surface area (Å²) in [7, 11) is 0. The van der Waals surface area contributed by atoms with E-state index in [2.05, 4.69) is 5.32 Å². The van der Waals surface area contributed by atoms with Gasteiger partial charge in [-0.05, 0) is 37.6 Å². The maximum Gasteiger partial charge on any atom is 0.342 e. The Labute approximate surface area is 138 Å². The van der Waals surface area contributed by atoms with Gasteiger partial charge in [-0.15, -0.1) is 0 Å². The minimum absolute atomic E-state index is 0.197. The normalized spacial score (nSPS) is 13.4. The van der Waals surface area contributed by atoms with Gasteiger partial charge >= 0.3 is 5.97 Å².